The summed E-state index contributed by atoms with van der Waals surface area (Å²) in [4.78, 5) is 13.2. The van der Waals surface area contributed by atoms with Crippen LogP contribution in [0.2, 0.25) is 0 Å². The molecule has 1 aromatic rings. The molecule has 0 saturated heterocycles. The molecule has 0 fully saturated rings. The first-order valence-corrected chi connectivity index (χ1v) is 4.98. The molecule has 1 rings (SSSR count). The van der Waals surface area contributed by atoms with E-state index in [1.54, 1.807) is 6.92 Å². The van der Waals surface area contributed by atoms with Crippen molar-refractivity contribution in [2.24, 2.45) is 0 Å². The molecule has 1 aromatic carbocycles. The number of aliphatic hydroxyl groups excluding tert-OH is 1. The van der Waals surface area contributed by atoms with Crippen LogP contribution in [0.25, 0.3) is 0 Å². The number of likely N-dealkylation sites (N-methyl/N-ethyl adjacent to an activating group) is 1. The number of hydrogen-bond donors (Lipinski definition) is 2. The number of rotatable bonds is 4. The molecule has 0 aliphatic rings. The number of halogens is 1. The van der Waals surface area contributed by atoms with Gasteiger partial charge in [-0.25, -0.2) is 4.39 Å². The van der Waals surface area contributed by atoms with Gasteiger partial charge in [0.15, 0.2) is 0 Å². The SMILES string of the molecule is CCN(CCO)C(=O)c1cc(F)ccc1O. The van der Waals surface area contributed by atoms with Crippen LogP contribution in [0, 0.1) is 5.82 Å². The van der Waals surface area contributed by atoms with E-state index in [1.807, 2.05) is 0 Å². The third kappa shape index (κ3) is 2.70. The van der Waals surface area contributed by atoms with Gasteiger partial charge in [0.1, 0.15) is 11.6 Å². The smallest absolute Gasteiger partial charge is 0.257 e. The molecule has 0 radical (unpaired) electrons. The standard InChI is InChI=1S/C11H14FNO3/c1-2-13(5-6-14)11(16)9-7-8(12)3-4-10(9)15/h3-4,7,14-15H,2,5-6H2,1H3. The normalized spacial score (nSPS) is 10.2. The Balaban J connectivity index is 2.98. The number of nitrogens with zero attached hydrogens (tertiary/aromatic N) is 1. The summed E-state index contributed by atoms with van der Waals surface area (Å²) in [6.45, 7) is 2.11. The second-order valence-electron chi connectivity index (χ2n) is 3.27. The van der Waals surface area contributed by atoms with Gasteiger partial charge in [0.05, 0.1) is 12.2 Å². The molecule has 0 spiro atoms. The Bertz CT molecular complexity index is 381. The molecule has 0 saturated carbocycles. The van der Waals surface area contributed by atoms with Crippen molar-refractivity contribution in [3.8, 4) is 5.75 Å². The predicted molar refractivity (Wildman–Crippen MR) is 56.7 cm³/mol. The van der Waals surface area contributed by atoms with Crippen molar-refractivity contribution in [2.75, 3.05) is 19.7 Å². The number of amides is 1. The number of phenols is 1. The fourth-order valence-electron chi connectivity index (χ4n) is 1.37. The number of phenolic OH excluding ortho intramolecular Hbond substituents is 1. The minimum atomic E-state index is -0.582. The molecule has 0 bridgehead atoms. The van der Waals surface area contributed by atoms with Gasteiger partial charge < -0.3 is 15.1 Å². The zero-order valence-corrected chi connectivity index (χ0v) is 8.98. The summed E-state index contributed by atoms with van der Waals surface area (Å²) < 4.78 is 12.9. The van der Waals surface area contributed by atoms with Gasteiger partial charge in [0, 0.05) is 13.1 Å². The largest absolute Gasteiger partial charge is 0.507 e. The van der Waals surface area contributed by atoms with Crippen LogP contribution in [0.4, 0.5) is 4.39 Å². The maximum absolute atomic E-state index is 12.9. The number of benzene rings is 1. The third-order valence-corrected chi connectivity index (χ3v) is 2.23. The highest BCUT2D eigenvalue weighted by molar-refractivity contribution is 5.96. The minimum absolute atomic E-state index is 0.0877. The number of aliphatic hydroxyl groups is 1. The molecule has 16 heavy (non-hydrogen) atoms. The van der Waals surface area contributed by atoms with Crippen molar-refractivity contribution < 1.29 is 19.4 Å². The Morgan fingerprint density at radius 3 is 2.75 bits per heavy atom. The van der Waals surface area contributed by atoms with E-state index in [-0.39, 0.29) is 24.5 Å². The highest BCUT2D eigenvalue weighted by Crippen LogP contribution is 2.19. The summed E-state index contributed by atoms with van der Waals surface area (Å²) in [5.41, 5.74) is -0.0877. The van der Waals surface area contributed by atoms with E-state index in [4.69, 9.17) is 5.11 Å². The molecule has 0 aliphatic heterocycles. The van der Waals surface area contributed by atoms with Crippen LogP contribution in [-0.2, 0) is 0 Å². The first-order chi connectivity index (χ1) is 7.60. The first-order valence-electron chi connectivity index (χ1n) is 4.98. The first kappa shape index (κ1) is 12.4. The lowest BCUT2D eigenvalue weighted by Crippen LogP contribution is -2.33. The van der Waals surface area contributed by atoms with E-state index in [2.05, 4.69) is 0 Å². The molecule has 4 nitrogen and oxygen atoms in total. The lowest BCUT2D eigenvalue weighted by Gasteiger charge is -2.20. The van der Waals surface area contributed by atoms with Gasteiger partial charge in [-0.05, 0) is 25.1 Å². The summed E-state index contributed by atoms with van der Waals surface area (Å²) in [5.74, 6) is -1.34. The Morgan fingerprint density at radius 1 is 1.50 bits per heavy atom. The van der Waals surface area contributed by atoms with Crippen LogP contribution >= 0.6 is 0 Å². The quantitative estimate of drug-likeness (QED) is 0.806. The Labute approximate surface area is 92.9 Å². The minimum Gasteiger partial charge on any atom is -0.507 e. The summed E-state index contributed by atoms with van der Waals surface area (Å²) in [6.07, 6.45) is 0. The Morgan fingerprint density at radius 2 is 2.19 bits per heavy atom. The molecule has 2 N–H and O–H groups in total. The second kappa shape index (κ2) is 5.46. The van der Waals surface area contributed by atoms with Gasteiger partial charge in [-0.3, -0.25) is 4.79 Å². The molecular weight excluding hydrogens is 213 g/mol. The van der Waals surface area contributed by atoms with Crippen molar-refractivity contribution in [3.63, 3.8) is 0 Å². The van der Waals surface area contributed by atoms with Gasteiger partial charge >= 0.3 is 0 Å². The fraction of sp³-hybridized carbons (Fsp3) is 0.364. The van der Waals surface area contributed by atoms with E-state index < -0.39 is 11.7 Å². The summed E-state index contributed by atoms with van der Waals surface area (Å²) >= 11 is 0. The predicted octanol–water partition coefficient (Wildman–Crippen LogP) is 0.986. The highest BCUT2D eigenvalue weighted by atomic mass is 19.1. The number of hydrogen-bond acceptors (Lipinski definition) is 3. The molecule has 5 heteroatoms. The van der Waals surface area contributed by atoms with Crippen molar-refractivity contribution in [2.45, 2.75) is 6.92 Å². The van der Waals surface area contributed by atoms with Crippen LogP contribution in [0.1, 0.15) is 17.3 Å². The monoisotopic (exact) mass is 227 g/mol. The Kier molecular flexibility index (Phi) is 4.25. The van der Waals surface area contributed by atoms with Crippen molar-refractivity contribution in [3.05, 3.63) is 29.6 Å². The zero-order chi connectivity index (χ0) is 12.1. The average Bonchev–Trinajstić information content (AvgIpc) is 2.28. The van der Waals surface area contributed by atoms with Gasteiger partial charge in [0.2, 0.25) is 0 Å². The van der Waals surface area contributed by atoms with Crippen LogP contribution in [0.5, 0.6) is 5.75 Å². The van der Waals surface area contributed by atoms with Crippen LogP contribution in [0.15, 0.2) is 18.2 Å². The van der Waals surface area contributed by atoms with Crippen molar-refractivity contribution >= 4 is 5.91 Å². The number of carbonyl (C=O) groups excluding carboxylic acids is 1. The molecule has 0 aliphatic carbocycles. The topological polar surface area (TPSA) is 60.8 Å². The molecule has 0 aromatic heterocycles. The van der Waals surface area contributed by atoms with Crippen LogP contribution in [0.3, 0.4) is 0 Å². The molecule has 1 amide bonds. The van der Waals surface area contributed by atoms with Crippen LogP contribution < -0.4 is 0 Å². The summed E-state index contributed by atoms with van der Waals surface area (Å²) in [6, 6.07) is 3.20. The third-order valence-electron chi connectivity index (χ3n) is 2.23. The molecule has 0 heterocycles. The fourth-order valence-corrected chi connectivity index (χ4v) is 1.37. The zero-order valence-electron chi connectivity index (χ0n) is 8.98. The molecular formula is C11H14FNO3. The summed E-state index contributed by atoms with van der Waals surface area (Å²) in [5, 5.41) is 18.2. The Hall–Kier alpha value is -1.62. The molecule has 0 atom stereocenters. The summed E-state index contributed by atoms with van der Waals surface area (Å²) in [7, 11) is 0. The number of aromatic hydroxyl groups is 1. The van der Waals surface area contributed by atoms with E-state index in [0.717, 1.165) is 18.2 Å². The second-order valence-corrected chi connectivity index (χ2v) is 3.27. The average molecular weight is 227 g/mol. The molecule has 88 valence electrons. The lowest BCUT2D eigenvalue weighted by molar-refractivity contribution is 0.0728. The highest BCUT2D eigenvalue weighted by Gasteiger charge is 2.17. The van der Waals surface area contributed by atoms with E-state index in [9.17, 15) is 14.3 Å². The van der Waals surface area contributed by atoms with Crippen molar-refractivity contribution in [1.29, 1.82) is 0 Å². The lowest BCUT2D eigenvalue weighted by atomic mass is 10.1. The van der Waals surface area contributed by atoms with Gasteiger partial charge in [-0.2, -0.15) is 0 Å². The van der Waals surface area contributed by atoms with E-state index in [0.29, 0.717) is 6.54 Å². The van der Waals surface area contributed by atoms with Gasteiger partial charge in [0.25, 0.3) is 5.91 Å². The maximum atomic E-state index is 12.9. The number of carbonyl (C=O) groups is 1. The van der Waals surface area contributed by atoms with Gasteiger partial charge in [-0.15, -0.1) is 0 Å². The van der Waals surface area contributed by atoms with E-state index >= 15 is 0 Å². The van der Waals surface area contributed by atoms with Crippen LogP contribution in [-0.4, -0.2) is 40.7 Å². The maximum Gasteiger partial charge on any atom is 0.257 e. The van der Waals surface area contributed by atoms with Gasteiger partial charge in [-0.1, -0.05) is 0 Å². The van der Waals surface area contributed by atoms with E-state index in [1.165, 1.54) is 4.90 Å². The van der Waals surface area contributed by atoms with Crippen molar-refractivity contribution in [1.82, 2.24) is 4.90 Å². The molecule has 0 unspecified atom stereocenters.